The van der Waals surface area contributed by atoms with Crippen LogP contribution in [0.3, 0.4) is 0 Å². The third-order valence-electron chi connectivity index (χ3n) is 3.09. The van der Waals surface area contributed by atoms with Gasteiger partial charge in [-0.3, -0.25) is 4.79 Å². The van der Waals surface area contributed by atoms with E-state index in [-0.39, 0.29) is 18.0 Å². The quantitative estimate of drug-likeness (QED) is 0.828. The van der Waals surface area contributed by atoms with Crippen molar-refractivity contribution in [3.05, 3.63) is 23.8 Å². The summed E-state index contributed by atoms with van der Waals surface area (Å²) in [6.07, 6.45) is -4.50. The highest BCUT2D eigenvalue weighted by molar-refractivity contribution is 5.91. The first-order chi connectivity index (χ1) is 11.0. The molecule has 0 aliphatic rings. The second-order valence-electron chi connectivity index (χ2n) is 5.45. The fourth-order valence-corrected chi connectivity index (χ4v) is 1.79. The second kappa shape index (κ2) is 7.89. The molecule has 1 aromatic carbocycles. The Bertz CT molecular complexity index is 605. The number of halogens is 3. The molecule has 24 heavy (non-hydrogen) atoms. The number of urea groups is 1. The lowest BCUT2D eigenvalue weighted by Gasteiger charge is -2.21. The molecule has 0 aliphatic carbocycles. The first kappa shape index (κ1) is 19.6. The Hall–Kier alpha value is -2.45. The van der Waals surface area contributed by atoms with Gasteiger partial charge in [0.1, 0.15) is 5.75 Å². The van der Waals surface area contributed by atoms with E-state index in [1.807, 2.05) is 0 Å². The van der Waals surface area contributed by atoms with Crippen LogP contribution in [-0.4, -0.2) is 48.4 Å². The van der Waals surface area contributed by atoms with Crippen LogP contribution in [0, 0.1) is 12.8 Å². The molecule has 9 heteroatoms. The van der Waals surface area contributed by atoms with Crippen molar-refractivity contribution in [2.45, 2.75) is 20.0 Å². The van der Waals surface area contributed by atoms with Gasteiger partial charge < -0.3 is 20.1 Å². The molecule has 0 bridgehead atoms. The number of ether oxygens (including phenoxy) is 1. The van der Waals surface area contributed by atoms with Crippen molar-refractivity contribution in [3.8, 4) is 5.75 Å². The van der Waals surface area contributed by atoms with E-state index in [0.29, 0.717) is 5.56 Å². The summed E-state index contributed by atoms with van der Waals surface area (Å²) >= 11 is 0. The molecule has 134 valence electrons. The standard InChI is InChI=1S/C15H19F3N2O4/c1-9-4-5-11(12(6-9)24-8-15(16,17)18)19-14(23)20(3)7-10(2)13(21)22/h4-6,10H,7-8H2,1-3H3,(H,19,23)(H,21,22). The maximum atomic E-state index is 12.3. The topological polar surface area (TPSA) is 78.9 Å². The minimum Gasteiger partial charge on any atom is -0.482 e. The highest BCUT2D eigenvalue weighted by Gasteiger charge is 2.29. The average Bonchev–Trinajstić information content (AvgIpc) is 2.46. The van der Waals surface area contributed by atoms with Crippen molar-refractivity contribution in [3.63, 3.8) is 0 Å². The summed E-state index contributed by atoms with van der Waals surface area (Å²) in [6, 6.07) is 3.76. The van der Waals surface area contributed by atoms with E-state index in [2.05, 4.69) is 5.32 Å². The van der Waals surface area contributed by atoms with Gasteiger partial charge in [-0.15, -0.1) is 0 Å². The number of nitrogens with zero attached hydrogens (tertiary/aromatic N) is 1. The van der Waals surface area contributed by atoms with Crippen molar-refractivity contribution in [1.82, 2.24) is 4.90 Å². The molecule has 0 fully saturated rings. The summed E-state index contributed by atoms with van der Waals surface area (Å²) in [5.41, 5.74) is 0.739. The van der Waals surface area contributed by atoms with Crippen molar-refractivity contribution < 1.29 is 32.6 Å². The summed E-state index contributed by atoms with van der Waals surface area (Å²) in [5, 5.41) is 11.3. The van der Waals surface area contributed by atoms with E-state index in [1.54, 1.807) is 13.0 Å². The number of aliphatic carboxylic acids is 1. The molecule has 0 saturated heterocycles. The molecule has 2 N–H and O–H groups in total. The number of carbonyl (C=O) groups is 2. The van der Waals surface area contributed by atoms with E-state index >= 15 is 0 Å². The third-order valence-corrected chi connectivity index (χ3v) is 3.09. The number of alkyl halides is 3. The summed E-state index contributed by atoms with van der Waals surface area (Å²) < 4.78 is 41.7. The lowest BCUT2D eigenvalue weighted by molar-refractivity contribution is -0.153. The van der Waals surface area contributed by atoms with Crippen molar-refractivity contribution in [2.75, 3.05) is 25.5 Å². The van der Waals surface area contributed by atoms with Crippen molar-refractivity contribution in [2.24, 2.45) is 5.92 Å². The number of carboxylic acid groups (broad SMARTS) is 1. The van der Waals surface area contributed by atoms with Gasteiger partial charge in [0.25, 0.3) is 0 Å². The molecule has 0 spiro atoms. The number of benzene rings is 1. The summed E-state index contributed by atoms with van der Waals surface area (Å²) in [7, 11) is 1.39. The van der Waals surface area contributed by atoms with Gasteiger partial charge in [-0.2, -0.15) is 13.2 Å². The minimum atomic E-state index is -4.50. The molecule has 1 rings (SSSR count). The van der Waals surface area contributed by atoms with Gasteiger partial charge in [-0.05, 0) is 24.6 Å². The first-order valence-electron chi connectivity index (χ1n) is 7.04. The molecule has 0 heterocycles. The maximum absolute atomic E-state index is 12.3. The zero-order valence-corrected chi connectivity index (χ0v) is 13.5. The maximum Gasteiger partial charge on any atom is 0.422 e. The van der Waals surface area contributed by atoms with Gasteiger partial charge in [0.2, 0.25) is 0 Å². The van der Waals surface area contributed by atoms with Gasteiger partial charge in [-0.1, -0.05) is 13.0 Å². The molecular weight excluding hydrogens is 329 g/mol. The molecule has 0 saturated carbocycles. The zero-order chi connectivity index (χ0) is 18.5. The van der Waals surface area contributed by atoms with Gasteiger partial charge in [0, 0.05) is 13.6 Å². The molecule has 1 unspecified atom stereocenters. The van der Waals surface area contributed by atoms with Crippen molar-refractivity contribution >= 4 is 17.7 Å². The van der Waals surface area contributed by atoms with E-state index in [1.165, 1.54) is 26.1 Å². The fraction of sp³-hybridized carbons (Fsp3) is 0.467. The Morgan fingerprint density at radius 2 is 2.00 bits per heavy atom. The van der Waals surface area contributed by atoms with Crippen LogP contribution in [0.5, 0.6) is 5.75 Å². The zero-order valence-electron chi connectivity index (χ0n) is 13.5. The molecular formula is C15H19F3N2O4. The molecule has 0 aromatic heterocycles. The SMILES string of the molecule is Cc1ccc(NC(=O)N(C)CC(C)C(=O)O)c(OCC(F)(F)F)c1. The van der Waals surface area contributed by atoms with E-state index in [4.69, 9.17) is 9.84 Å². The molecule has 6 nitrogen and oxygen atoms in total. The molecule has 1 aromatic rings. The van der Waals surface area contributed by atoms with E-state index < -0.39 is 30.7 Å². The van der Waals surface area contributed by atoms with Crippen LogP contribution in [0.4, 0.5) is 23.7 Å². The monoisotopic (exact) mass is 348 g/mol. The van der Waals surface area contributed by atoms with Crippen LogP contribution in [0.15, 0.2) is 18.2 Å². The predicted octanol–water partition coefficient (Wildman–Crippen LogP) is 3.12. The van der Waals surface area contributed by atoms with Gasteiger partial charge in [-0.25, -0.2) is 4.79 Å². The van der Waals surface area contributed by atoms with Crippen LogP contribution in [-0.2, 0) is 4.79 Å². The highest BCUT2D eigenvalue weighted by atomic mass is 19.4. The molecule has 1 atom stereocenters. The number of hydrogen-bond donors (Lipinski definition) is 2. The van der Waals surface area contributed by atoms with Gasteiger partial charge in [0.15, 0.2) is 6.61 Å². The molecule has 2 amide bonds. The smallest absolute Gasteiger partial charge is 0.422 e. The summed E-state index contributed by atoms with van der Waals surface area (Å²) in [6.45, 7) is 1.58. The Morgan fingerprint density at radius 1 is 1.38 bits per heavy atom. The lowest BCUT2D eigenvalue weighted by Crippen LogP contribution is -2.36. The number of carbonyl (C=O) groups excluding carboxylic acids is 1. The Balaban J connectivity index is 2.82. The number of anilines is 1. The number of hydrogen-bond acceptors (Lipinski definition) is 3. The van der Waals surface area contributed by atoms with Crippen molar-refractivity contribution in [1.29, 1.82) is 0 Å². The number of nitrogens with one attached hydrogen (secondary N) is 1. The Labute approximate surface area is 137 Å². The summed E-state index contributed by atoms with van der Waals surface area (Å²) in [4.78, 5) is 24.0. The van der Waals surface area contributed by atoms with Crippen LogP contribution < -0.4 is 10.1 Å². The van der Waals surface area contributed by atoms with Gasteiger partial charge >= 0.3 is 18.2 Å². The minimum absolute atomic E-state index is 0.0498. The van der Waals surface area contributed by atoms with Crippen LogP contribution in [0.25, 0.3) is 0 Å². The lowest BCUT2D eigenvalue weighted by atomic mass is 10.2. The summed E-state index contributed by atoms with van der Waals surface area (Å²) in [5.74, 6) is -1.95. The number of aryl methyl sites for hydroxylation is 1. The largest absolute Gasteiger partial charge is 0.482 e. The average molecular weight is 348 g/mol. The first-order valence-corrected chi connectivity index (χ1v) is 7.04. The second-order valence-corrected chi connectivity index (χ2v) is 5.45. The third kappa shape index (κ3) is 6.35. The number of carboxylic acids is 1. The molecule has 0 aliphatic heterocycles. The van der Waals surface area contributed by atoms with Crippen LogP contribution >= 0.6 is 0 Å². The highest BCUT2D eigenvalue weighted by Crippen LogP contribution is 2.28. The number of amides is 2. The predicted molar refractivity (Wildman–Crippen MR) is 81.2 cm³/mol. The normalized spacial score (nSPS) is 12.4. The van der Waals surface area contributed by atoms with E-state index in [9.17, 15) is 22.8 Å². The Morgan fingerprint density at radius 3 is 2.54 bits per heavy atom. The molecule has 0 radical (unpaired) electrons. The van der Waals surface area contributed by atoms with Gasteiger partial charge in [0.05, 0.1) is 11.6 Å². The van der Waals surface area contributed by atoms with Crippen LogP contribution in [0.1, 0.15) is 12.5 Å². The fourth-order valence-electron chi connectivity index (χ4n) is 1.79. The van der Waals surface area contributed by atoms with E-state index in [0.717, 1.165) is 4.90 Å². The number of rotatable bonds is 6. The Kier molecular flexibility index (Phi) is 6.44. The van der Waals surface area contributed by atoms with Crippen LogP contribution in [0.2, 0.25) is 0 Å².